The van der Waals surface area contributed by atoms with Crippen LogP contribution in [-0.4, -0.2) is 11.1 Å². The minimum atomic E-state index is -0.680. The van der Waals surface area contributed by atoms with Crippen LogP contribution in [-0.2, 0) is 4.79 Å². The molecule has 0 spiro atoms. The van der Waals surface area contributed by atoms with E-state index in [1.165, 1.54) is 29.5 Å². The Morgan fingerprint density at radius 1 is 1.37 bits per heavy atom. The maximum Gasteiger partial charge on any atom is 0.303 e. The molecule has 0 saturated carbocycles. The summed E-state index contributed by atoms with van der Waals surface area (Å²) in [5.74, 6) is 0.939. The smallest absolute Gasteiger partial charge is 0.303 e. The number of benzene rings is 1. The molecular formula is C17H24O2. The number of rotatable bonds is 4. The summed E-state index contributed by atoms with van der Waals surface area (Å²) in [5, 5.41) is 8.84. The van der Waals surface area contributed by atoms with Crippen molar-refractivity contribution in [2.45, 2.75) is 58.3 Å². The van der Waals surface area contributed by atoms with Gasteiger partial charge in [-0.15, -0.1) is 0 Å². The summed E-state index contributed by atoms with van der Waals surface area (Å²) in [6.07, 6.45) is 3.48. The summed E-state index contributed by atoms with van der Waals surface area (Å²) in [7, 11) is 0. The van der Waals surface area contributed by atoms with Gasteiger partial charge in [-0.1, -0.05) is 37.6 Å². The molecule has 1 aliphatic rings. The van der Waals surface area contributed by atoms with Gasteiger partial charge in [0.15, 0.2) is 0 Å². The van der Waals surface area contributed by atoms with Crippen molar-refractivity contribution in [2.75, 3.05) is 0 Å². The van der Waals surface area contributed by atoms with Crippen molar-refractivity contribution in [2.24, 2.45) is 5.92 Å². The van der Waals surface area contributed by atoms with Crippen LogP contribution in [0.3, 0.4) is 0 Å². The lowest BCUT2D eigenvalue weighted by atomic mass is 9.71. The molecule has 0 amide bonds. The Kier molecular flexibility index (Phi) is 4.28. The quantitative estimate of drug-likeness (QED) is 0.866. The highest BCUT2D eigenvalue weighted by Gasteiger charge is 2.28. The number of hydrogen-bond donors (Lipinski definition) is 1. The molecule has 2 heteroatoms. The molecule has 0 saturated heterocycles. The van der Waals surface area contributed by atoms with E-state index < -0.39 is 5.97 Å². The molecule has 1 N–H and O–H groups in total. The summed E-state index contributed by atoms with van der Waals surface area (Å²) >= 11 is 0. The van der Waals surface area contributed by atoms with Gasteiger partial charge in [0.2, 0.25) is 0 Å². The number of carboxylic acids is 1. The average Bonchev–Trinajstić information content (AvgIpc) is 2.36. The predicted octanol–water partition coefficient (Wildman–Crippen LogP) is 4.48. The van der Waals surface area contributed by atoms with Gasteiger partial charge >= 0.3 is 5.97 Å². The lowest BCUT2D eigenvalue weighted by molar-refractivity contribution is -0.137. The minimum Gasteiger partial charge on any atom is -0.481 e. The van der Waals surface area contributed by atoms with E-state index in [0.717, 1.165) is 6.42 Å². The second-order valence-electron chi connectivity index (χ2n) is 6.13. The summed E-state index contributed by atoms with van der Waals surface area (Å²) in [6.45, 7) is 6.64. The molecule has 0 heterocycles. The Morgan fingerprint density at radius 3 is 2.79 bits per heavy atom. The maximum absolute atomic E-state index is 10.7. The fraction of sp³-hybridized carbons (Fsp3) is 0.588. The Labute approximate surface area is 115 Å². The molecule has 0 fully saturated rings. The van der Waals surface area contributed by atoms with Crippen LogP contribution in [0.15, 0.2) is 18.2 Å². The molecule has 1 aromatic rings. The zero-order valence-electron chi connectivity index (χ0n) is 12.1. The number of aliphatic carboxylic acids is 1. The maximum atomic E-state index is 10.7. The third kappa shape index (κ3) is 3.17. The second kappa shape index (κ2) is 5.77. The number of carbonyl (C=O) groups is 1. The van der Waals surface area contributed by atoms with E-state index in [1.807, 2.05) is 0 Å². The van der Waals surface area contributed by atoms with Crippen LogP contribution in [0.25, 0.3) is 0 Å². The van der Waals surface area contributed by atoms with Gasteiger partial charge in [-0.3, -0.25) is 4.79 Å². The zero-order chi connectivity index (χ0) is 14.0. The van der Waals surface area contributed by atoms with E-state index in [4.69, 9.17) is 5.11 Å². The predicted molar refractivity (Wildman–Crippen MR) is 77.6 cm³/mol. The first-order valence-corrected chi connectivity index (χ1v) is 7.31. The van der Waals surface area contributed by atoms with E-state index >= 15 is 0 Å². The third-order valence-electron chi connectivity index (χ3n) is 4.58. The molecule has 0 aromatic heterocycles. The summed E-state index contributed by atoms with van der Waals surface area (Å²) in [6, 6.07) is 6.78. The lowest BCUT2D eigenvalue weighted by Crippen LogP contribution is -2.19. The lowest BCUT2D eigenvalue weighted by Gasteiger charge is -2.34. The van der Waals surface area contributed by atoms with Crippen LogP contribution in [0.4, 0.5) is 0 Å². The monoisotopic (exact) mass is 260 g/mol. The first-order valence-electron chi connectivity index (χ1n) is 7.31. The van der Waals surface area contributed by atoms with Crippen molar-refractivity contribution >= 4 is 5.97 Å². The third-order valence-corrected chi connectivity index (χ3v) is 4.58. The van der Waals surface area contributed by atoms with E-state index in [2.05, 4.69) is 39.0 Å². The van der Waals surface area contributed by atoms with Crippen LogP contribution in [0.2, 0.25) is 0 Å². The molecule has 1 aromatic carbocycles. The number of hydrogen-bond acceptors (Lipinski definition) is 1. The van der Waals surface area contributed by atoms with Gasteiger partial charge in [-0.05, 0) is 55.1 Å². The van der Waals surface area contributed by atoms with Crippen molar-refractivity contribution in [1.82, 2.24) is 0 Å². The molecular weight excluding hydrogens is 236 g/mol. The van der Waals surface area contributed by atoms with Crippen molar-refractivity contribution in [3.63, 3.8) is 0 Å². The van der Waals surface area contributed by atoms with Gasteiger partial charge in [0, 0.05) is 6.42 Å². The normalized spacial score (nSPS) is 23.7. The van der Waals surface area contributed by atoms with Gasteiger partial charge in [-0.2, -0.15) is 0 Å². The second-order valence-corrected chi connectivity index (χ2v) is 6.13. The van der Waals surface area contributed by atoms with Crippen LogP contribution in [0.5, 0.6) is 0 Å². The Morgan fingerprint density at radius 2 is 2.11 bits per heavy atom. The summed E-state index contributed by atoms with van der Waals surface area (Å²) in [5.41, 5.74) is 4.25. The first-order chi connectivity index (χ1) is 8.99. The van der Waals surface area contributed by atoms with E-state index in [9.17, 15) is 4.79 Å². The highest BCUT2D eigenvalue weighted by atomic mass is 16.4. The standard InChI is InChI=1S/C17H24O2/c1-11-4-7-14-12(2)5-8-15(16(14)10-11)13(3)6-9-17(18)19/h4,7,10,12-13,15H,5-6,8-9H2,1-3H3,(H,18,19)/t12-,13-,15+/m1/s1. The van der Waals surface area contributed by atoms with Crippen molar-refractivity contribution in [3.05, 3.63) is 34.9 Å². The molecule has 0 unspecified atom stereocenters. The minimum absolute atomic E-state index is 0.286. The Balaban J connectivity index is 2.22. The fourth-order valence-corrected chi connectivity index (χ4v) is 3.35. The highest BCUT2D eigenvalue weighted by molar-refractivity contribution is 5.66. The van der Waals surface area contributed by atoms with Crippen LogP contribution >= 0.6 is 0 Å². The van der Waals surface area contributed by atoms with Crippen molar-refractivity contribution < 1.29 is 9.90 Å². The topological polar surface area (TPSA) is 37.3 Å². The van der Waals surface area contributed by atoms with E-state index in [-0.39, 0.29) is 6.42 Å². The van der Waals surface area contributed by atoms with Gasteiger partial charge in [-0.25, -0.2) is 0 Å². The largest absolute Gasteiger partial charge is 0.481 e. The molecule has 2 rings (SSSR count). The molecule has 104 valence electrons. The molecule has 19 heavy (non-hydrogen) atoms. The van der Waals surface area contributed by atoms with Crippen molar-refractivity contribution in [1.29, 1.82) is 0 Å². The van der Waals surface area contributed by atoms with E-state index in [1.54, 1.807) is 0 Å². The number of fused-ring (bicyclic) bond motifs is 1. The highest BCUT2D eigenvalue weighted by Crippen LogP contribution is 2.43. The molecule has 2 nitrogen and oxygen atoms in total. The summed E-state index contributed by atoms with van der Waals surface area (Å²) < 4.78 is 0. The number of carboxylic acid groups (broad SMARTS) is 1. The Bertz CT molecular complexity index is 464. The van der Waals surface area contributed by atoms with Crippen LogP contribution in [0, 0.1) is 12.8 Å². The Hall–Kier alpha value is -1.31. The van der Waals surface area contributed by atoms with Gasteiger partial charge < -0.3 is 5.11 Å². The van der Waals surface area contributed by atoms with Crippen LogP contribution in [0.1, 0.15) is 68.1 Å². The summed E-state index contributed by atoms with van der Waals surface area (Å²) in [4.78, 5) is 10.7. The molecule has 0 aliphatic heterocycles. The molecule has 3 atom stereocenters. The average molecular weight is 260 g/mol. The first kappa shape index (κ1) is 14.1. The molecule has 1 aliphatic carbocycles. The van der Waals surface area contributed by atoms with E-state index in [0.29, 0.717) is 17.8 Å². The SMILES string of the molecule is Cc1ccc2c(c1)[C@H]([C@H](C)CCC(=O)O)CC[C@H]2C. The zero-order valence-corrected chi connectivity index (χ0v) is 12.1. The number of aryl methyl sites for hydroxylation is 1. The molecule has 0 bridgehead atoms. The molecule has 0 radical (unpaired) electrons. The van der Waals surface area contributed by atoms with Crippen LogP contribution < -0.4 is 0 Å². The van der Waals surface area contributed by atoms with Crippen molar-refractivity contribution in [3.8, 4) is 0 Å². The van der Waals surface area contributed by atoms with Gasteiger partial charge in [0.25, 0.3) is 0 Å². The fourth-order valence-electron chi connectivity index (χ4n) is 3.35. The van der Waals surface area contributed by atoms with Gasteiger partial charge in [0.1, 0.15) is 0 Å². The van der Waals surface area contributed by atoms with Gasteiger partial charge in [0.05, 0.1) is 0 Å².